The Hall–Kier alpha value is 0.390. The first-order valence-corrected chi connectivity index (χ1v) is 4.13. The molecule has 3 atom stereocenters. The summed E-state index contributed by atoms with van der Waals surface area (Å²) < 4.78 is 2.36. The molecule has 52 valence electrons. The fourth-order valence-electron chi connectivity index (χ4n) is 2.16. The minimum atomic E-state index is 0.688. The van der Waals surface area contributed by atoms with Crippen LogP contribution in [-0.4, -0.2) is 17.8 Å². The molecule has 2 aliphatic rings. The fourth-order valence-corrected chi connectivity index (χ4v) is 2.62. The van der Waals surface area contributed by atoms with Crippen molar-refractivity contribution in [3.05, 3.63) is 0 Å². The van der Waals surface area contributed by atoms with Crippen LogP contribution in [0.25, 0.3) is 0 Å². The standard InChI is InChI=1S/C7H14NP/c1-7(2)5-3-8(9)4-6(5)7/h5-6H,3-4,9H2,1-2H3/t5-,6+. The van der Waals surface area contributed by atoms with Crippen LogP contribution in [0.3, 0.4) is 0 Å². The maximum atomic E-state index is 2.79. The van der Waals surface area contributed by atoms with Crippen LogP contribution in [0.2, 0.25) is 0 Å². The second-order valence-corrected chi connectivity index (χ2v) is 4.72. The molecule has 2 rings (SSSR count). The van der Waals surface area contributed by atoms with Gasteiger partial charge in [0, 0.05) is 13.1 Å². The number of nitrogens with zero attached hydrogens (tertiary/aromatic N) is 1. The highest BCUT2D eigenvalue weighted by atomic mass is 31.0. The molecule has 1 aliphatic carbocycles. The van der Waals surface area contributed by atoms with Crippen molar-refractivity contribution in [2.24, 2.45) is 17.3 Å². The number of piperidine rings is 1. The van der Waals surface area contributed by atoms with Crippen molar-refractivity contribution in [1.29, 1.82) is 0 Å². The molecule has 1 heterocycles. The van der Waals surface area contributed by atoms with Gasteiger partial charge in [-0.05, 0) is 17.3 Å². The first kappa shape index (κ1) is 6.12. The first-order chi connectivity index (χ1) is 4.12. The van der Waals surface area contributed by atoms with E-state index in [1.165, 1.54) is 13.1 Å². The Labute approximate surface area is 59.1 Å². The lowest BCUT2D eigenvalue weighted by atomic mass is 10.1. The molecule has 0 aromatic rings. The Kier molecular flexibility index (Phi) is 1.03. The molecule has 0 radical (unpaired) electrons. The third-order valence-corrected chi connectivity index (χ3v) is 3.57. The van der Waals surface area contributed by atoms with Crippen molar-refractivity contribution < 1.29 is 0 Å². The molecular formula is C7H14NP. The van der Waals surface area contributed by atoms with Crippen molar-refractivity contribution >= 4 is 9.39 Å². The van der Waals surface area contributed by atoms with E-state index in [1.807, 2.05) is 0 Å². The zero-order valence-corrected chi connectivity index (χ0v) is 7.25. The van der Waals surface area contributed by atoms with Gasteiger partial charge in [0.25, 0.3) is 0 Å². The minimum absolute atomic E-state index is 0.688. The monoisotopic (exact) mass is 143 g/mol. The Morgan fingerprint density at radius 2 is 1.78 bits per heavy atom. The molecule has 1 nitrogen and oxygen atoms in total. The average Bonchev–Trinajstić information content (AvgIpc) is 2.27. The van der Waals surface area contributed by atoms with Crippen molar-refractivity contribution in [2.75, 3.05) is 13.1 Å². The van der Waals surface area contributed by atoms with Gasteiger partial charge in [-0.25, -0.2) is 0 Å². The third kappa shape index (κ3) is 0.683. The molecule has 0 aromatic carbocycles. The van der Waals surface area contributed by atoms with Gasteiger partial charge in [0.1, 0.15) is 0 Å². The highest BCUT2D eigenvalue weighted by Crippen LogP contribution is 2.62. The zero-order valence-electron chi connectivity index (χ0n) is 6.09. The van der Waals surface area contributed by atoms with Crippen LogP contribution in [-0.2, 0) is 0 Å². The number of fused-ring (bicyclic) bond motifs is 1. The fraction of sp³-hybridized carbons (Fsp3) is 1.00. The normalized spacial score (nSPS) is 47.0. The summed E-state index contributed by atoms with van der Waals surface area (Å²) in [7, 11) is 2.79. The van der Waals surface area contributed by atoms with Crippen molar-refractivity contribution in [1.82, 2.24) is 4.67 Å². The van der Waals surface area contributed by atoms with E-state index in [9.17, 15) is 0 Å². The summed E-state index contributed by atoms with van der Waals surface area (Å²) in [6, 6.07) is 0. The van der Waals surface area contributed by atoms with Crippen molar-refractivity contribution in [2.45, 2.75) is 13.8 Å². The maximum absolute atomic E-state index is 2.79. The SMILES string of the molecule is CC1(C)[C@@H]2CN(P)C[C@@H]21. The largest absolute Gasteiger partial charge is 0.287 e. The Morgan fingerprint density at radius 1 is 1.33 bits per heavy atom. The second-order valence-electron chi connectivity index (χ2n) is 3.99. The predicted molar refractivity (Wildman–Crippen MR) is 42.0 cm³/mol. The molecule has 0 N–H and O–H groups in total. The van der Waals surface area contributed by atoms with Gasteiger partial charge < -0.3 is 0 Å². The van der Waals surface area contributed by atoms with Gasteiger partial charge in [0.05, 0.1) is 0 Å². The topological polar surface area (TPSA) is 3.24 Å². The Balaban J connectivity index is 2.06. The minimum Gasteiger partial charge on any atom is -0.287 e. The molecule has 1 saturated carbocycles. The highest BCUT2D eigenvalue weighted by Gasteiger charge is 2.61. The van der Waals surface area contributed by atoms with Crippen LogP contribution >= 0.6 is 9.39 Å². The molecule has 1 unspecified atom stereocenters. The Bertz CT molecular complexity index is 130. The maximum Gasteiger partial charge on any atom is 0.00532 e. The highest BCUT2D eigenvalue weighted by molar-refractivity contribution is 7.13. The molecule has 1 aliphatic heterocycles. The average molecular weight is 143 g/mol. The molecule has 1 saturated heterocycles. The molecule has 9 heavy (non-hydrogen) atoms. The molecular weight excluding hydrogens is 129 g/mol. The van der Waals surface area contributed by atoms with E-state index < -0.39 is 0 Å². The molecule has 0 bridgehead atoms. The van der Waals surface area contributed by atoms with Crippen molar-refractivity contribution in [3.63, 3.8) is 0 Å². The van der Waals surface area contributed by atoms with Crippen LogP contribution in [0.4, 0.5) is 0 Å². The van der Waals surface area contributed by atoms with Crippen LogP contribution in [0.5, 0.6) is 0 Å². The van der Waals surface area contributed by atoms with Crippen LogP contribution in [0, 0.1) is 17.3 Å². The van der Waals surface area contributed by atoms with E-state index in [2.05, 4.69) is 27.9 Å². The summed E-state index contributed by atoms with van der Waals surface area (Å²) in [6.07, 6.45) is 0. The quantitative estimate of drug-likeness (QED) is 0.463. The van der Waals surface area contributed by atoms with Gasteiger partial charge in [0.15, 0.2) is 0 Å². The molecule has 2 heteroatoms. The summed E-state index contributed by atoms with van der Waals surface area (Å²) in [5.41, 5.74) is 0.688. The molecule has 0 amide bonds. The van der Waals surface area contributed by atoms with Gasteiger partial charge in [-0.15, -0.1) is 0 Å². The Morgan fingerprint density at radius 3 is 2.11 bits per heavy atom. The van der Waals surface area contributed by atoms with E-state index in [0.29, 0.717) is 5.41 Å². The van der Waals surface area contributed by atoms with Crippen molar-refractivity contribution in [3.8, 4) is 0 Å². The number of rotatable bonds is 0. The van der Waals surface area contributed by atoms with Gasteiger partial charge in [0.2, 0.25) is 0 Å². The van der Waals surface area contributed by atoms with Gasteiger partial charge in [-0.3, -0.25) is 4.67 Å². The smallest absolute Gasteiger partial charge is 0.00532 e. The predicted octanol–water partition coefficient (Wildman–Crippen LogP) is 1.36. The molecule has 2 fully saturated rings. The second kappa shape index (κ2) is 1.52. The van der Waals surface area contributed by atoms with Crippen LogP contribution in [0.15, 0.2) is 0 Å². The van der Waals surface area contributed by atoms with Gasteiger partial charge in [-0.1, -0.05) is 23.2 Å². The summed E-state index contributed by atoms with van der Waals surface area (Å²) in [5.74, 6) is 2.02. The molecule has 0 spiro atoms. The number of hydrogen-bond donors (Lipinski definition) is 0. The lowest BCUT2D eigenvalue weighted by Crippen LogP contribution is -2.16. The van der Waals surface area contributed by atoms with E-state index in [4.69, 9.17) is 0 Å². The van der Waals surface area contributed by atoms with E-state index in [0.717, 1.165) is 11.8 Å². The summed E-state index contributed by atoms with van der Waals surface area (Å²) in [4.78, 5) is 0. The van der Waals surface area contributed by atoms with Crippen LogP contribution < -0.4 is 0 Å². The van der Waals surface area contributed by atoms with E-state index in [1.54, 1.807) is 0 Å². The first-order valence-electron chi connectivity index (χ1n) is 3.62. The van der Waals surface area contributed by atoms with E-state index in [-0.39, 0.29) is 0 Å². The summed E-state index contributed by atoms with van der Waals surface area (Å²) in [6.45, 7) is 7.39. The van der Waals surface area contributed by atoms with Gasteiger partial charge in [-0.2, -0.15) is 0 Å². The van der Waals surface area contributed by atoms with Gasteiger partial charge >= 0.3 is 0 Å². The summed E-state index contributed by atoms with van der Waals surface area (Å²) in [5, 5.41) is 0. The zero-order chi connectivity index (χ0) is 6.65. The van der Waals surface area contributed by atoms with E-state index >= 15 is 0 Å². The molecule has 0 aromatic heterocycles. The number of hydrogen-bond acceptors (Lipinski definition) is 1. The van der Waals surface area contributed by atoms with Crippen LogP contribution in [0.1, 0.15) is 13.8 Å². The lowest BCUT2D eigenvalue weighted by Gasteiger charge is -2.15. The third-order valence-electron chi connectivity index (χ3n) is 3.15. The lowest BCUT2D eigenvalue weighted by molar-refractivity contribution is 0.391. The summed E-state index contributed by atoms with van der Waals surface area (Å²) >= 11 is 0.